The lowest BCUT2D eigenvalue weighted by molar-refractivity contribution is -0.114. The van der Waals surface area contributed by atoms with Crippen LogP contribution < -0.4 is 25.4 Å². The maximum Gasteiger partial charge on any atom is 0.333 e. The SMILES string of the molecule is CC(=O)Nc1cc(S(=O)(=O)NC(=O)Nc2ccc(NC(=O)N[SH](=O)=O)cc2)ccc1Cl. The van der Waals surface area contributed by atoms with Crippen molar-refractivity contribution in [3.8, 4) is 0 Å². The van der Waals surface area contributed by atoms with Gasteiger partial charge in [0.2, 0.25) is 16.8 Å². The minimum Gasteiger partial charge on any atom is -0.325 e. The van der Waals surface area contributed by atoms with Crippen LogP contribution in [0.4, 0.5) is 26.7 Å². The molecule has 12 nitrogen and oxygen atoms in total. The van der Waals surface area contributed by atoms with Gasteiger partial charge in [0.25, 0.3) is 10.0 Å². The van der Waals surface area contributed by atoms with E-state index >= 15 is 0 Å². The van der Waals surface area contributed by atoms with Crippen LogP contribution in [-0.2, 0) is 25.7 Å². The number of sulfonamides is 1. The molecule has 2 aromatic carbocycles. The fourth-order valence-electron chi connectivity index (χ4n) is 2.17. The number of carbonyl (C=O) groups is 3. The Hall–Kier alpha value is -3.36. The third-order valence-corrected chi connectivity index (χ3v) is 5.42. The number of thiol groups is 1. The summed E-state index contributed by atoms with van der Waals surface area (Å²) in [5, 5.41) is 7.02. The first-order valence-electron chi connectivity index (χ1n) is 8.19. The second-order valence-electron chi connectivity index (χ2n) is 5.78. The average Bonchev–Trinajstić information content (AvgIpc) is 2.63. The van der Waals surface area contributed by atoms with Crippen molar-refractivity contribution in [1.29, 1.82) is 0 Å². The Morgan fingerprint density at radius 1 is 0.871 bits per heavy atom. The van der Waals surface area contributed by atoms with Gasteiger partial charge in [-0.2, -0.15) is 0 Å². The molecule has 5 amide bonds. The van der Waals surface area contributed by atoms with Gasteiger partial charge in [-0.05, 0) is 42.5 Å². The first kappa shape index (κ1) is 23.9. The van der Waals surface area contributed by atoms with Gasteiger partial charge in [-0.15, -0.1) is 0 Å². The molecule has 5 N–H and O–H groups in total. The number of benzene rings is 2. The van der Waals surface area contributed by atoms with Crippen molar-refractivity contribution >= 4 is 67.5 Å². The maximum absolute atomic E-state index is 12.4. The van der Waals surface area contributed by atoms with Gasteiger partial charge in [-0.3, -0.25) is 4.79 Å². The molecule has 0 spiro atoms. The van der Waals surface area contributed by atoms with Crippen molar-refractivity contribution in [3.05, 3.63) is 47.5 Å². The molecular formula is C16H16ClN5O7S2. The molecule has 0 saturated carbocycles. The first-order valence-corrected chi connectivity index (χ1v) is 11.2. The van der Waals surface area contributed by atoms with E-state index in [1.54, 1.807) is 4.72 Å². The first-order chi connectivity index (χ1) is 14.5. The zero-order valence-electron chi connectivity index (χ0n) is 15.6. The topological polar surface area (TPSA) is 180 Å². The number of hydrogen-bond donors (Lipinski definition) is 6. The Balaban J connectivity index is 2.04. The average molecular weight is 490 g/mol. The molecule has 0 aliphatic carbocycles. The number of hydrogen-bond acceptors (Lipinski definition) is 7. The quantitative estimate of drug-likeness (QED) is 0.332. The van der Waals surface area contributed by atoms with E-state index in [0.717, 1.165) is 12.1 Å². The van der Waals surface area contributed by atoms with E-state index < -0.39 is 38.9 Å². The molecule has 0 saturated heterocycles. The van der Waals surface area contributed by atoms with E-state index in [2.05, 4.69) is 16.0 Å². The highest BCUT2D eigenvalue weighted by Crippen LogP contribution is 2.25. The Morgan fingerprint density at radius 3 is 1.94 bits per heavy atom. The normalized spacial score (nSPS) is 10.8. The molecule has 0 heterocycles. The molecule has 2 aromatic rings. The van der Waals surface area contributed by atoms with Gasteiger partial charge in [0.1, 0.15) is 0 Å². The summed E-state index contributed by atoms with van der Waals surface area (Å²) < 4.78 is 49.1. The standard InChI is InChI=1S/C16H16ClN5O7S2/c1-9(23)18-14-8-12(6-7-13(14)17)31(28,29)22-16(25)20-11-4-2-10(3-5-11)19-15(24)21-30(26)27/h2-8,30H,1H3,(H,18,23)(H2,20,22,25)(H2,19,21,24,26,27). The fraction of sp³-hybridized carbons (Fsp3) is 0.0625. The summed E-state index contributed by atoms with van der Waals surface area (Å²) in [6, 6.07) is 6.85. The minimum atomic E-state index is -4.28. The van der Waals surface area contributed by atoms with Gasteiger partial charge in [0.05, 0.1) is 15.6 Å². The van der Waals surface area contributed by atoms with Gasteiger partial charge >= 0.3 is 12.1 Å². The number of nitrogens with one attached hydrogen (secondary N) is 5. The highest BCUT2D eigenvalue weighted by atomic mass is 35.5. The van der Waals surface area contributed by atoms with E-state index in [1.807, 2.05) is 4.72 Å². The number of halogens is 1. The predicted molar refractivity (Wildman–Crippen MR) is 114 cm³/mol. The monoisotopic (exact) mass is 489 g/mol. The summed E-state index contributed by atoms with van der Waals surface area (Å²) in [6.45, 7) is 1.22. The minimum absolute atomic E-state index is 0.0612. The molecule has 0 unspecified atom stereocenters. The lowest BCUT2D eigenvalue weighted by atomic mass is 10.3. The zero-order valence-corrected chi connectivity index (χ0v) is 18.1. The molecule has 0 aromatic heterocycles. The van der Waals surface area contributed by atoms with Crippen molar-refractivity contribution in [3.63, 3.8) is 0 Å². The number of urea groups is 2. The van der Waals surface area contributed by atoms with Gasteiger partial charge in [0.15, 0.2) is 0 Å². The van der Waals surface area contributed by atoms with E-state index in [0.29, 0.717) is 0 Å². The highest BCUT2D eigenvalue weighted by Gasteiger charge is 2.19. The van der Waals surface area contributed by atoms with Crippen LogP contribution in [0.15, 0.2) is 47.4 Å². The van der Waals surface area contributed by atoms with Crippen molar-refractivity contribution in [2.24, 2.45) is 0 Å². The summed E-state index contributed by atoms with van der Waals surface area (Å²) in [7, 11) is -7.39. The summed E-state index contributed by atoms with van der Waals surface area (Å²) in [4.78, 5) is 34.2. The molecule has 0 aliphatic rings. The maximum atomic E-state index is 12.4. The van der Waals surface area contributed by atoms with Crippen LogP contribution in [0.25, 0.3) is 0 Å². The number of amides is 5. The van der Waals surface area contributed by atoms with Crippen LogP contribution in [0.1, 0.15) is 6.92 Å². The number of anilines is 3. The van der Waals surface area contributed by atoms with Crippen LogP contribution in [-0.4, -0.2) is 34.8 Å². The summed E-state index contributed by atoms with van der Waals surface area (Å²) in [6.07, 6.45) is 0. The Labute approximate surface area is 183 Å². The molecule has 15 heteroatoms. The molecule has 0 bridgehead atoms. The van der Waals surface area contributed by atoms with Crippen LogP contribution in [0.5, 0.6) is 0 Å². The van der Waals surface area contributed by atoms with Crippen LogP contribution in [0.3, 0.4) is 0 Å². The zero-order chi connectivity index (χ0) is 23.2. The number of carbonyl (C=O) groups excluding carboxylic acids is 3. The smallest absolute Gasteiger partial charge is 0.325 e. The van der Waals surface area contributed by atoms with Crippen molar-refractivity contribution in [2.45, 2.75) is 11.8 Å². The molecule has 31 heavy (non-hydrogen) atoms. The van der Waals surface area contributed by atoms with E-state index in [-0.39, 0.29) is 27.0 Å². The molecule has 2 rings (SSSR count). The van der Waals surface area contributed by atoms with Crippen LogP contribution >= 0.6 is 11.6 Å². The van der Waals surface area contributed by atoms with Gasteiger partial charge < -0.3 is 16.0 Å². The molecule has 166 valence electrons. The third-order valence-electron chi connectivity index (χ3n) is 3.38. The van der Waals surface area contributed by atoms with Crippen molar-refractivity contribution in [2.75, 3.05) is 16.0 Å². The van der Waals surface area contributed by atoms with Gasteiger partial charge in [-0.1, -0.05) is 11.6 Å². The van der Waals surface area contributed by atoms with Crippen LogP contribution in [0.2, 0.25) is 5.02 Å². The highest BCUT2D eigenvalue weighted by molar-refractivity contribution is 7.90. The molecule has 0 atom stereocenters. The van der Waals surface area contributed by atoms with E-state index in [1.165, 1.54) is 37.3 Å². The molecule has 0 radical (unpaired) electrons. The Morgan fingerprint density at radius 2 is 1.42 bits per heavy atom. The third kappa shape index (κ3) is 7.44. The predicted octanol–water partition coefficient (Wildman–Crippen LogP) is 1.46. The number of rotatable bonds is 6. The largest absolute Gasteiger partial charge is 0.333 e. The Kier molecular flexibility index (Phi) is 7.79. The molecular weight excluding hydrogens is 474 g/mol. The lowest BCUT2D eigenvalue weighted by Crippen LogP contribution is -2.34. The summed E-state index contributed by atoms with van der Waals surface area (Å²) >= 11 is 5.90. The van der Waals surface area contributed by atoms with E-state index in [4.69, 9.17) is 11.6 Å². The molecule has 0 fully saturated rings. The van der Waals surface area contributed by atoms with E-state index in [9.17, 15) is 31.2 Å². The Bertz CT molecular complexity index is 1190. The molecule has 0 aliphatic heterocycles. The second kappa shape index (κ2) is 10.1. The van der Waals surface area contributed by atoms with Crippen molar-refractivity contribution in [1.82, 2.24) is 9.44 Å². The summed E-state index contributed by atoms with van der Waals surface area (Å²) in [5.74, 6) is -0.459. The van der Waals surface area contributed by atoms with Crippen LogP contribution in [0, 0.1) is 0 Å². The summed E-state index contributed by atoms with van der Waals surface area (Å²) in [5.41, 5.74) is 0.467. The van der Waals surface area contributed by atoms with Gasteiger partial charge in [-0.25, -0.2) is 35.9 Å². The lowest BCUT2D eigenvalue weighted by Gasteiger charge is -2.11. The van der Waals surface area contributed by atoms with Gasteiger partial charge in [0, 0.05) is 18.3 Å². The second-order valence-corrected chi connectivity index (χ2v) is 8.61. The fourth-order valence-corrected chi connectivity index (χ4v) is 3.49. The van der Waals surface area contributed by atoms with Crippen molar-refractivity contribution < 1.29 is 31.2 Å².